The van der Waals surface area contributed by atoms with Gasteiger partial charge in [0.2, 0.25) is 0 Å². The summed E-state index contributed by atoms with van der Waals surface area (Å²) in [6, 6.07) is 4.09. The van der Waals surface area contributed by atoms with Crippen molar-refractivity contribution in [1.82, 2.24) is 0 Å². The first-order chi connectivity index (χ1) is 8.86. The third kappa shape index (κ3) is 4.78. The molecule has 0 fully saturated rings. The van der Waals surface area contributed by atoms with Crippen LogP contribution >= 0.6 is 15.9 Å². The topological polar surface area (TPSA) is 46.5 Å². The predicted molar refractivity (Wildman–Crippen MR) is 70.7 cm³/mol. The molecule has 1 aromatic carbocycles. The van der Waals surface area contributed by atoms with Crippen LogP contribution in [0.1, 0.15) is 31.7 Å². The van der Waals surface area contributed by atoms with Gasteiger partial charge in [0, 0.05) is 18.4 Å². The summed E-state index contributed by atoms with van der Waals surface area (Å²) < 4.78 is 33.4. The fourth-order valence-electron chi connectivity index (χ4n) is 1.61. The fraction of sp³-hybridized carbons (Fsp3) is 0.462. The highest BCUT2D eigenvalue weighted by molar-refractivity contribution is 9.10. The zero-order valence-electron chi connectivity index (χ0n) is 10.5. The Balaban J connectivity index is 2.77. The Bertz CT molecular complexity index is 450. The van der Waals surface area contributed by atoms with E-state index in [0.717, 1.165) is 0 Å². The number of carboxylic acid groups (broad SMARTS) is 1. The van der Waals surface area contributed by atoms with Gasteiger partial charge in [0.05, 0.1) is 11.1 Å². The average molecular weight is 337 g/mol. The molecule has 0 aliphatic rings. The maximum absolute atomic E-state index is 13.8. The molecule has 0 unspecified atom stereocenters. The van der Waals surface area contributed by atoms with E-state index in [-0.39, 0.29) is 18.4 Å². The van der Waals surface area contributed by atoms with Crippen LogP contribution in [-0.2, 0) is 10.7 Å². The smallest absolute Gasteiger partial charge is 0.303 e. The van der Waals surface area contributed by atoms with Gasteiger partial charge < -0.3 is 9.84 Å². The Labute approximate surface area is 118 Å². The molecule has 0 aliphatic heterocycles. The van der Waals surface area contributed by atoms with Gasteiger partial charge in [0.1, 0.15) is 5.75 Å². The van der Waals surface area contributed by atoms with Crippen molar-refractivity contribution in [3.05, 3.63) is 28.2 Å². The Hall–Kier alpha value is -1.17. The number of hydrogen-bond donors (Lipinski definition) is 1. The Morgan fingerprint density at radius 3 is 2.68 bits per heavy atom. The standard InChI is InChI=1S/C13H15BrF2O3/c1-2-19-11-6-5-9(8-10(11)14)13(15,16)7-3-4-12(17)18/h5-6,8H,2-4,7H2,1H3,(H,17,18). The first-order valence-corrected chi connectivity index (χ1v) is 6.68. The van der Waals surface area contributed by atoms with Gasteiger partial charge in [-0.1, -0.05) is 0 Å². The molecule has 1 N–H and O–H groups in total. The lowest BCUT2D eigenvalue weighted by Crippen LogP contribution is -2.14. The zero-order chi connectivity index (χ0) is 14.5. The summed E-state index contributed by atoms with van der Waals surface area (Å²) in [4.78, 5) is 10.3. The minimum Gasteiger partial charge on any atom is -0.493 e. The molecule has 3 nitrogen and oxygen atoms in total. The van der Waals surface area contributed by atoms with E-state index in [4.69, 9.17) is 9.84 Å². The van der Waals surface area contributed by atoms with Crippen LogP contribution in [0.3, 0.4) is 0 Å². The largest absolute Gasteiger partial charge is 0.493 e. The van der Waals surface area contributed by atoms with Crippen molar-refractivity contribution < 1.29 is 23.4 Å². The molecule has 1 rings (SSSR count). The Kier molecular flexibility index (Phi) is 5.72. The third-order valence-corrected chi connectivity index (χ3v) is 3.16. The highest BCUT2D eigenvalue weighted by Gasteiger charge is 2.31. The lowest BCUT2D eigenvalue weighted by molar-refractivity contribution is -0.137. The summed E-state index contributed by atoms with van der Waals surface area (Å²) in [5, 5.41) is 8.45. The van der Waals surface area contributed by atoms with E-state index < -0.39 is 18.3 Å². The molecule has 1 aromatic rings. The van der Waals surface area contributed by atoms with E-state index in [9.17, 15) is 13.6 Å². The maximum atomic E-state index is 13.8. The van der Waals surface area contributed by atoms with Gasteiger partial charge in [-0.2, -0.15) is 0 Å². The second-order valence-electron chi connectivity index (χ2n) is 4.03. The molecular weight excluding hydrogens is 322 g/mol. The van der Waals surface area contributed by atoms with Gasteiger partial charge in [-0.05, 0) is 47.5 Å². The second-order valence-corrected chi connectivity index (χ2v) is 4.88. The Morgan fingerprint density at radius 1 is 1.47 bits per heavy atom. The first-order valence-electron chi connectivity index (χ1n) is 5.89. The number of hydrogen-bond acceptors (Lipinski definition) is 2. The van der Waals surface area contributed by atoms with E-state index in [1.165, 1.54) is 18.2 Å². The summed E-state index contributed by atoms with van der Waals surface area (Å²) >= 11 is 3.18. The fourth-order valence-corrected chi connectivity index (χ4v) is 2.10. The maximum Gasteiger partial charge on any atom is 0.303 e. The second kappa shape index (κ2) is 6.84. The summed E-state index contributed by atoms with van der Waals surface area (Å²) in [6.07, 6.45) is -0.805. The molecule has 0 atom stereocenters. The average Bonchev–Trinajstić information content (AvgIpc) is 2.31. The summed E-state index contributed by atoms with van der Waals surface area (Å²) in [5.41, 5.74) is -0.145. The lowest BCUT2D eigenvalue weighted by atomic mass is 10.0. The summed E-state index contributed by atoms with van der Waals surface area (Å²) in [7, 11) is 0. The van der Waals surface area contributed by atoms with Crippen molar-refractivity contribution in [3.8, 4) is 5.75 Å². The highest BCUT2D eigenvalue weighted by Crippen LogP contribution is 2.37. The Morgan fingerprint density at radius 2 is 2.16 bits per heavy atom. The van der Waals surface area contributed by atoms with Crippen molar-refractivity contribution in [2.75, 3.05) is 6.61 Å². The number of carboxylic acids is 1. The number of rotatable bonds is 7. The molecular formula is C13H15BrF2O3. The van der Waals surface area contributed by atoms with E-state index in [1.54, 1.807) is 6.92 Å². The van der Waals surface area contributed by atoms with Crippen LogP contribution < -0.4 is 4.74 Å². The van der Waals surface area contributed by atoms with Crippen LogP contribution in [0.5, 0.6) is 5.75 Å². The number of carbonyl (C=O) groups is 1. The van der Waals surface area contributed by atoms with Crippen LogP contribution in [0.15, 0.2) is 22.7 Å². The van der Waals surface area contributed by atoms with Gasteiger partial charge in [0.25, 0.3) is 5.92 Å². The molecule has 0 bridgehead atoms. The summed E-state index contributed by atoms with van der Waals surface area (Å²) in [6.45, 7) is 2.26. The van der Waals surface area contributed by atoms with Crippen molar-refractivity contribution in [3.63, 3.8) is 0 Å². The molecule has 0 aromatic heterocycles. The number of ether oxygens (including phenoxy) is 1. The zero-order valence-corrected chi connectivity index (χ0v) is 12.0. The molecule has 19 heavy (non-hydrogen) atoms. The van der Waals surface area contributed by atoms with E-state index in [0.29, 0.717) is 16.8 Å². The molecule has 0 saturated carbocycles. The van der Waals surface area contributed by atoms with E-state index >= 15 is 0 Å². The van der Waals surface area contributed by atoms with Crippen molar-refractivity contribution >= 4 is 21.9 Å². The molecule has 106 valence electrons. The summed E-state index contributed by atoms with van der Waals surface area (Å²) in [5.74, 6) is -3.60. The van der Waals surface area contributed by atoms with Crippen molar-refractivity contribution in [2.24, 2.45) is 0 Å². The minimum atomic E-state index is -3.04. The van der Waals surface area contributed by atoms with Gasteiger partial charge in [-0.3, -0.25) is 4.79 Å². The molecule has 6 heteroatoms. The van der Waals surface area contributed by atoms with E-state index in [2.05, 4.69) is 15.9 Å². The quantitative estimate of drug-likeness (QED) is 0.811. The van der Waals surface area contributed by atoms with Crippen LogP contribution in [0.4, 0.5) is 8.78 Å². The van der Waals surface area contributed by atoms with Crippen molar-refractivity contribution in [2.45, 2.75) is 32.1 Å². The molecule has 0 heterocycles. The predicted octanol–water partition coefficient (Wildman–Crippen LogP) is 4.19. The third-order valence-electron chi connectivity index (χ3n) is 2.54. The normalized spacial score (nSPS) is 11.4. The molecule has 0 amide bonds. The molecule has 0 radical (unpaired) electrons. The number of alkyl halides is 2. The van der Waals surface area contributed by atoms with Gasteiger partial charge in [0.15, 0.2) is 0 Å². The monoisotopic (exact) mass is 336 g/mol. The van der Waals surface area contributed by atoms with Crippen LogP contribution in [-0.4, -0.2) is 17.7 Å². The lowest BCUT2D eigenvalue weighted by Gasteiger charge is -2.17. The number of halogens is 3. The number of benzene rings is 1. The highest BCUT2D eigenvalue weighted by atomic mass is 79.9. The SMILES string of the molecule is CCOc1ccc(C(F)(F)CCCC(=O)O)cc1Br. The molecule has 0 saturated heterocycles. The molecule has 0 spiro atoms. The first kappa shape index (κ1) is 15.9. The van der Waals surface area contributed by atoms with Crippen LogP contribution in [0.25, 0.3) is 0 Å². The van der Waals surface area contributed by atoms with Crippen LogP contribution in [0.2, 0.25) is 0 Å². The van der Waals surface area contributed by atoms with Gasteiger partial charge >= 0.3 is 5.97 Å². The minimum absolute atomic E-state index is 0.0623. The van der Waals surface area contributed by atoms with E-state index in [1.807, 2.05) is 0 Å². The van der Waals surface area contributed by atoms with Crippen molar-refractivity contribution in [1.29, 1.82) is 0 Å². The number of aliphatic carboxylic acids is 1. The van der Waals surface area contributed by atoms with Gasteiger partial charge in [-0.15, -0.1) is 0 Å². The molecule has 0 aliphatic carbocycles. The van der Waals surface area contributed by atoms with Crippen LogP contribution in [0, 0.1) is 0 Å². The van der Waals surface area contributed by atoms with Gasteiger partial charge in [-0.25, -0.2) is 8.78 Å².